The van der Waals surface area contributed by atoms with E-state index >= 15 is 0 Å². The molecule has 1 aliphatic heterocycles. The van der Waals surface area contributed by atoms with Crippen molar-refractivity contribution < 1.29 is 4.79 Å². The number of amides is 1. The SMILES string of the molecule is CN(CC1CCCCN1)C(=O)C1CCCC1. The van der Waals surface area contributed by atoms with Gasteiger partial charge in [-0.3, -0.25) is 4.79 Å². The molecule has 3 heteroatoms. The Morgan fingerprint density at radius 3 is 2.50 bits per heavy atom. The van der Waals surface area contributed by atoms with Crippen molar-refractivity contribution in [2.75, 3.05) is 20.1 Å². The highest BCUT2D eigenvalue weighted by Crippen LogP contribution is 2.26. The van der Waals surface area contributed by atoms with Crippen LogP contribution in [0.2, 0.25) is 0 Å². The molecule has 1 heterocycles. The van der Waals surface area contributed by atoms with Crippen molar-refractivity contribution in [3.8, 4) is 0 Å². The van der Waals surface area contributed by atoms with Gasteiger partial charge in [-0.2, -0.15) is 0 Å². The summed E-state index contributed by atoms with van der Waals surface area (Å²) < 4.78 is 0. The van der Waals surface area contributed by atoms with Crippen molar-refractivity contribution in [1.29, 1.82) is 0 Å². The molecule has 0 spiro atoms. The summed E-state index contributed by atoms with van der Waals surface area (Å²) in [4.78, 5) is 14.1. The summed E-state index contributed by atoms with van der Waals surface area (Å²) in [5.41, 5.74) is 0. The topological polar surface area (TPSA) is 32.3 Å². The molecule has 1 N–H and O–H groups in total. The third-order valence-electron chi connectivity index (χ3n) is 3.99. The average Bonchev–Trinajstić information content (AvgIpc) is 2.83. The predicted octanol–water partition coefficient (Wildman–Crippen LogP) is 1.78. The molecule has 2 aliphatic rings. The number of rotatable bonds is 3. The quantitative estimate of drug-likeness (QED) is 0.792. The van der Waals surface area contributed by atoms with Crippen LogP contribution in [0.3, 0.4) is 0 Å². The predicted molar refractivity (Wildman–Crippen MR) is 65.2 cm³/mol. The van der Waals surface area contributed by atoms with E-state index in [1.165, 1.54) is 32.1 Å². The number of hydrogen-bond donors (Lipinski definition) is 1. The van der Waals surface area contributed by atoms with Crippen LogP contribution < -0.4 is 5.32 Å². The number of carbonyl (C=O) groups is 1. The lowest BCUT2D eigenvalue weighted by Crippen LogP contribution is -2.45. The average molecular weight is 224 g/mol. The normalized spacial score (nSPS) is 26.9. The molecule has 1 atom stereocenters. The highest BCUT2D eigenvalue weighted by atomic mass is 16.2. The van der Waals surface area contributed by atoms with Crippen molar-refractivity contribution >= 4 is 5.91 Å². The van der Waals surface area contributed by atoms with E-state index in [4.69, 9.17) is 0 Å². The van der Waals surface area contributed by atoms with Crippen molar-refractivity contribution in [2.45, 2.75) is 51.0 Å². The summed E-state index contributed by atoms with van der Waals surface area (Å²) in [6.07, 6.45) is 8.53. The Morgan fingerprint density at radius 1 is 1.19 bits per heavy atom. The fourth-order valence-electron chi connectivity index (χ4n) is 2.98. The zero-order chi connectivity index (χ0) is 11.4. The van der Waals surface area contributed by atoms with Crippen molar-refractivity contribution in [1.82, 2.24) is 10.2 Å². The Balaban J connectivity index is 1.77. The van der Waals surface area contributed by atoms with E-state index in [9.17, 15) is 4.79 Å². The first-order valence-electron chi connectivity index (χ1n) is 6.76. The maximum atomic E-state index is 12.1. The van der Waals surface area contributed by atoms with Crippen LogP contribution in [-0.4, -0.2) is 37.0 Å². The van der Waals surface area contributed by atoms with Gasteiger partial charge in [-0.05, 0) is 32.2 Å². The number of carbonyl (C=O) groups excluding carboxylic acids is 1. The number of nitrogens with zero attached hydrogens (tertiary/aromatic N) is 1. The third-order valence-corrected chi connectivity index (χ3v) is 3.99. The zero-order valence-electron chi connectivity index (χ0n) is 10.4. The second kappa shape index (κ2) is 5.67. The Morgan fingerprint density at radius 2 is 1.88 bits per heavy atom. The molecule has 0 aromatic heterocycles. The van der Waals surface area contributed by atoms with Gasteiger partial charge in [0.2, 0.25) is 5.91 Å². The summed E-state index contributed by atoms with van der Waals surface area (Å²) in [6, 6.07) is 0.532. The van der Waals surface area contributed by atoms with E-state index in [1.807, 2.05) is 11.9 Å². The molecule has 16 heavy (non-hydrogen) atoms. The maximum Gasteiger partial charge on any atom is 0.225 e. The van der Waals surface area contributed by atoms with E-state index < -0.39 is 0 Å². The van der Waals surface area contributed by atoms with Gasteiger partial charge in [0.25, 0.3) is 0 Å². The van der Waals surface area contributed by atoms with Gasteiger partial charge >= 0.3 is 0 Å². The van der Waals surface area contributed by atoms with E-state index in [0.29, 0.717) is 17.9 Å². The molecule has 2 fully saturated rings. The van der Waals surface area contributed by atoms with Gasteiger partial charge in [0.1, 0.15) is 0 Å². The number of nitrogens with one attached hydrogen (secondary N) is 1. The van der Waals surface area contributed by atoms with Gasteiger partial charge in [-0.25, -0.2) is 0 Å². The lowest BCUT2D eigenvalue weighted by Gasteiger charge is -2.29. The minimum absolute atomic E-state index is 0.327. The Bertz CT molecular complexity index is 230. The molecule has 1 amide bonds. The van der Waals surface area contributed by atoms with Gasteiger partial charge in [0.15, 0.2) is 0 Å². The lowest BCUT2D eigenvalue weighted by molar-refractivity contribution is -0.134. The molecule has 3 nitrogen and oxygen atoms in total. The fraction of sp³-hybridized carbons (Fsp3) is 0.923. The molecule has 1 aliphatic carbocycles. The lowest BCUT2D eigenvalue weighted by atomic mass is 10.0. The molecule has 1 saturated carbocycles. The van der Waals surface area contributed by atoms with Gasteiger partial charge in [0, 0.05) is 25.6 Å². The molecule has 92 valence electrons. The monoisotopic (exact) mass is 224 g/mol. The van der Waals surface area contributed by atoms with Crippen LogP contribution in [0, 0.1) is 5.92 Å². The molecule has 2 rings (SSSR count). The minimum atomic E-state index is 0.327. The fourth-order valence-corrected chi connectivity index (χ4v) is 2.98. The third kappa shape index (κ3) is 2.97. The van der Waals surface area contributed by atoms with Gasteiger partial charge in [-0.15, -0.1) is 0 Å². The van der Waals surface area contributed by atoms with Crippen LogP contribution >= 0.6 is 0 Å². The summed E-state index contributed by atoms with van der Waals surface area (Å²) in [5, 5.41) is 3.50. The highest BCUT2D eigenvalue weighted by Gasteiger charge is 2.26. The highest BCUT2D eigenvalue weighted by molar-refractivity contribution is 5.78. The molecule has 0 radical (unpaired) electrons. The first kappa shape index (κ1) is 11.9. The zero-order valence-corrected chi connectivity index (χ0v) is 10.4. The van der Waals surface area contributed by atoms with E-state index in [1.54, 1.807) is 0 Å². The number of likely N-dealkylation sites (N-methyl/N-ethyl adjacent to an activating group) is 1. The van der Waals surface area contributed by atoms with Crippen molar-refractivity contribution in [3.05, 3.63) is 0 Å². The maximum absolute atomic E-state index is 12.1. The molecule has 1 unspecified atom stereocenters. The molecule has 0 aromatic carbocycles. The number of piperidine rings is 1. The Labute approximate surface area is 98.6 Å². The largest absolute Gasteiger partial charge is 0.344 e. The number of hydrogen-bond acceptors (Lipinski definition) is 2. The van der Waals surface area contributed by atoms with Crippen molar-refractivity contribution in [2.24, 2.45) is 5.92 Å². The van der Waals surface area contributed by atoms with E-state index in [2.05, 4.69) is 5.32 Å². The first-order valence-corrected chi connectivity index (χ1v) is 6.76. The molecular formula is C13H24N2O. The van der Waals surface area contributed by atoms with Crippen LogP contribution in [0.25, 0.3) is 0 Å². The van der Waals surface area contributed by atoms with Crippen LogP contribution in [-0.2, 0) is 4.79 Å². The molecular weight excluding hydrogens is 200 g/mol. The van der Waals surface area contributed by atoms with E-state index in [0.717, 1.165) is 25.9 Å². The summed E-state index contributed by atoms with van der Waals surface area (Å²) >= 11 is 0. The first-order chi connectivity index (χ1) is 7.77. The summed E-state index contributed by atoms with van der Waals surface area (Å²) in [6.45, 7) is 2.02. The molecule has 0 bridgehead atoms. The second-order valence-corrected chi connectivity index (χ2v) is 5.35. The van der Waals surface area contributed by atoms with Crippen LogP contribution in [0.1, 0.15) is 44.9 Å². The minimum Gasteiger partial charge on any atom is -0.344 e. The van der Waals surface area contributed by atoms with Gasteiger partial charge in [-0.1, -0.05) is 19.3 Å². The summed E-state index contributed by atoms with van der Waals surface area (Å²) in [5.74, 6) is 0.707. The summed E-state index contributed by atoms with van der Waals surface area (Å²) in [7, 11) is 1.97. The van der Waals surface area contributed by atoms with Crippen LogP contribution in [0.5, 0.6) is 0 Å². The van der Waals surface area contributed by atoms with Crippen molar-refractivity contribution in [3.63, 3.8) is 0 Å². The van der Waals surface area contributed by atoms with Crippen LogP contribution in [0.15, 0.2) is 0 Å². The van der Waals surface area contributed by atoms with Gasteiger partial charge < -0.3 is 10.2 Å². The van der Waals surface area contributed by atoms with Gasteiger partial charge in [0.05, 0.1) is 0 Å². The Kier molecular flexibility index (Phi) is 4.22. The Hall–Kier alpha value is -0.570. The van der Waals surface area contributed by atoms with E-state index in [-0.39, 0.29) is 0 Å². The molecule has 0 aromatic rings. The van der Waals surface area contributed by atoms with Crippen LogP contribution in [0.4, 0.5) is 0 Å². The second-order valence-electron chi connectivity index (χ2n) is 5.35. The standard InChI is InChI=1S/C13H24N2O/c1-15(10-12-8-4-5-9-14-12)13(16)11-6-2-3-7-11/h11-12,14H,2-10H2,1H3. The molecule has 1 saturated heterocycles. The smallest absolute Gasteiger partial charge is 0.225 e.